The molecule has 0 aliphatic heterocycles. The molecule has 8 nitrogen and oxygen atoms in total. The zero-order valence-electron chi connectivity index (χ0n) is 20.3. The second-order valence-electron chi connectivity index (χ2n) is 13.1. The second kappa shape index (κ2) is 8.32. The van der Waals surface area contributed by atoms with Gasteiger partial charge in [0.1, 0.15) is 0 Å². The van der Waals surface area contributed by atoms with Crippen LogP contribution < -0.4 is 4.13 Å². The largest absolute Gasteiger partial charge is 0.458 e. The highest BCUT2D eigenvalue weighted by Crippen LogP contribution is 2.61. The number of rotatable bonds is 9. The molecular weight excluding hydrogens is 516 g/mol. The second-order valence-corrected chi connectivity index (χ2v) is 16.5. The van der Waals surface area contributed by atoms with E-state index in [0.717, 1.165) is 61.9 Å². The Hall–Kier alpha value is -0.850. The van der Waals surface area contributed by atoms with E-state index in [-0.39, 0.29) is 12.0 Å². The van der Waals surface area contributed by atoms with Crippen LogP contribution in [0.3, 0.4) is 0 Å². The standard InChI is InChI=1S/C24H35F2NO7S2/c25-24(26,14-33-21(28)23-10-18-4-19(11-23)6-20(5-18)12-23)35(29,30)27-36(31,32)34-13-22-7-15-1-16(8-22)3-17(2-15)9-22/h15-20,27H,1-14H2. The Morgan fingerprint density at radius 3 is 1.64 bits per heavy atom. The monoisotopic (exact) mass is 551 g/mol. The Kier molecular flexibility index (Phi) is 5.88. The van der Waals surface area contributed by atoms with E-state index >= 15 is 0 Å². The summed E-state index contributed by atoms with van der Waals surface area (Å²) in [4.78, 5) is 12.8. The number of hydrogen-bond acceptors (Lipinski definition) is 7. The molecule has 0 amide bonds. The van der Waals surface area contributed by atoms with Gasteiger partial charge in [0.25, 0.3) is 10.0 Å². The quantitative estimate of drug-likeness (QED) is 0.434. The zero-order chi connectivity index (χ0) is 25.6. The number of halogens is 2. The molecule has 1 N–H and O–H groups in total. The van der Waals surface area contributed by atoms with E-state index in [2.05, 4.69) is 0 Å². The molecule has 8 aliphatic rings. The van der Waals surface area contributed by atoms with E-state index in [1.807, 2.05) is 0 Å². The third-order valence-electron chi connectivity index (χ3n) is 10.1. The molecule has 8 aliphatic carbocycles. The van der Waals surface area contributed by atoms with Gasteiger partial charge in [-0.2, -0.15) is 17.2 Å². The lowest BCUT2D eigenvalue weighted by molar-refractivity contribution is -0.176. The van der Waals surface area contributed by atoms with E-state index in [0.29, 0.717) is 54.8 Å². The van der Waals surface area contributed by atoms with Crippen LogP contribution in [-0.4, -0.2) is 41.3 Å². The summed E-state index contributed by atoms with van der Waals surface area (Å²) in [7, 11) is -10.7. The molecule has 0 saturated heterocycles. The number of esters is 1. The van der Waals surface area contributed by atoms with Crippen LogP contribution in [0.25, 0.3) is 0 Å². The topological polar surface area (TPSA) is 116 Å². The Labute approximate surface area is 211 Å². The lowest BCUT2D eigenvalue weighted by atomic mass is 9.49. The van der Waals surface area contributed by atoms with Crippen LogP contribution in [0.2, 0.25) is 0 Å². The van der Waals surface area contributed by atoms with Crippen molar-refractivity contribution in [2.75, 3.05) is 13.2 Å². The lowest BCUT2D eigenvalue weighted by Crippen LogP contribution is -2.52. The van der Waals surface area contributed by atoms with Crippen molar-refractivity contribution in [2.24, 2.45) is 46.3 Å². The molecule has 0 aromatic carbocycles. The van der Waals surface area contributed by atoms with Gasteiger partial charge in [-0.3, -0.25) is 8.98 Å². The molecule has 0 aromatic rings. The van der Waals surface area contributed by atoms with Crippen LogP contribution in [0, 0.1) is 46.3 Å². The zero-order valence-corrected chi connectivity index (χ0v) is 21.9. The van der Waals surface area contributed by atoms with Crippen molar-refractivity contribution < 1.29 is 39.3 Å². The average Bonchev–Trinajstić information content (AvgIpc) is 2.74. The van der Waals surface area contributed by atoms with Gasteiger partial charge in [-0.15, -0.1) is 0 Å². The van der Waals surface area contributed by atoms with E-state index in [9.17, 15) is 30.4 Å². The molecule has 204 valence electrons. The van der Waals surface area contributed by atoms with Gasteiger partial charge in [-0.25, -0.2) is 8.42 Å². The molecule has 0 radical (unpaired) electrons. The minimum atomic E-state index is -5.72. The summed E-state index contributed by atoms with van der Waals surface area (Å²) in [5, 5.41) is -4.62. The van der Waals surface area contributed by atoms with Crippen LogP contribution >= 0.6 is 0 Å². The van der Waals surface area contributed by atoms with Gasteiger partial charge in [-0.1, -0.05) is 4.13 Å². The maximum Gasteiger partial charge on any atom is 0.393 e. The summed E-state index contributed by atoms with van der Waals surface area (Å²) >= 11 is 0. The van der Waals surface area contributed by atoms with Crippen LogP contribution in [-0.2, 0) is 34.0 Å². The molecule has 0 atom stereocenters. The molecule has 8 saturated carbocycles. The number of carbonyl (C=O) groups is 1. The van der Waals surface area contributed by atoms with Gasteiger partial charge in [0, 0.05) is 0 Å². The number of ether oxygens (including phenoxy) is 1. The molecule has 12 heteroatoms. The van der Waals surface area contributed by atoms with Crippen molar-refractivity contribution >= 4 is 26.3 Å². The summed E-state index contributed by atoms with van der Waals surface area (Å²) in [6.45, 7) is -1.94. The van der Waals surface area contributed by atoms with Crippen molar-refractivity contribution in [2.45, 2.75) is 82.3 Å². The van der Waals surface area contributed by atoms with Crippen molar-refractivity contribution in [1.29, 1.82) is 0 Å². The Morgan fingerprint density at radius 1 is 0.778 bits per heavy atom. The number of nitrogens with one attached hydrogen (secondary N) is 1. The lowest BCUT2D eigenvalue weighted by Gasteiger charge is -2.56. The Morgan fingerprint density at radius 2 is 1.19 bits per heavy atom. The summed E-state index contributed by atoms with van der Waals surface area (Å²) in [5.74, 6) is 1.91. The minimum Gasteiger partial charge on any atom is -0.458 e. The van der Waals surface area contributed by atoms with Gasteiger partial charge in [0.15, 0.2) is 6.61 Å². The van der Waals surface area contributed by atoms with Gasteiger partial charge in [0.05, 0.1) is 12.0 Å². The van der Waals surface area contributed by atoms with Crippen molar-refractivity contribution in [3.63, 3.8) is 0 Å². The van der Waals surface area contributed by atoms with Crippen LogP contribution in [0.4, 0.5) is 8.78 Å². The number of carbonyl (C=O) groups excluding carboxylic acids is 1. The normalized spacial score (nSPS) is 43.2. The number of hydrogen-bond donors (Lipinski definition) is 1. The third-order valence-corrected chi connectivity index (χ3v) is 13.2. The molecule has 0 spiro atoms. The Bertz CT molecular complexity index is 1070. The molecule has 8 bridgehead atoms. The summed E-state index contributed by atoms with van der Waals surface area (Å²) in [6.07, 6.45) is 10.7. The smallest absolute Gasteiger partial charge is 0.393 e. The predicted molar refractivity (Wildman–Crippen MR) is 124 cm³/mol. The summed E-state index contributed by atoms with van der Waals surface area (Å²) < 4.78 is 89.7. The highest BCUT2D eigenvalue weighted by molar-refractivity contribution is 8.03. The highest BCUT2D eigenvalue weighted by atomic mass is 32.3. The van der Waals surface area contributed by atoms with Gasteiger partial charge in [0.2, 0.25) is 0 Å². The van der Waals surface area contributed by atoms with Crippen molar-refractivity contribution in [3.05, 3.63) is 0 Å². The van der Waals surface area contributed by atoms with E-state index < -0.39 is 43.6 Å². The number of sulfonamides is 1. The average molecular weight is 552 g/mol. The predicted octanol–water partition coefficient (Wildman–Crippen LogP) is 3.74. The summed E-state index contributed by atoms with van der Waals surface area (Å²) in [6, 6.07) is 0. The molecule has 0 aromatic heterocycles. The van der Waals surface area contributed by atoms with Crippen molar-refractivity contribution in [1.82, 2.24) is 4.13 Å². The molecule has 8 fully saturated rings. The van der Waals surface area contributed by atoms with Crippen molar-refractivity contribution in [3.8, 4) is 0 Å². The fourth-order valence-electron chi connectivity index (χ4n) is 9.63. The maximum absolute atomic E-state index is 14.7. The van der Waals surface area contributed by atoms with Gasteiger partial charge < -0.3 is 4.74 Å². The summed E-state index contributed by atoms with van der Waals surface area (Å²) in [5.41, 5.74) is -1.17. The fraction of sp³-hybridized carbons (Fsp3) is 0.958. The first-order valence-corrected chi connectivity index (χ1v) is 16.1. The highest BCUT2D eigenvalue weighted by Gasteiger charge is 2.57. The molecule has 36 heavy (non-hydrogen) atoms. The minimum absolute atomic E-state index is 0.214. The van der Waals surface area contributed by atoms with E-state index in [4.69, 9.17) is 8.92 Å². The first-order chi connectivity index (χ1) is 16.8. The first kappa shape index (κ1) is 25.4. The van der Waals surface area contributed by atoms with Gasteiger partial charge in [-0.05, 0) is 118 Å². The van der Waals surface area contributed by atoms with E-state index in [1.54, 1.807) is 0 Å². The van der Waals surface area contributed by atoms with Gasteiger partial charge >= 0.3 is 21.5 Å². The third kappa shape index (κ3) is 4.51. The first-order valence-electron chi connectivity index (χ1n) is 13.2. The number of alkyl halides is 2. The molecule has 0 unspecified atom stereocenters. The SMILES string of the molecule is O=C(OCC(F)(F)S(=O)(=O)NS(=O)(=O)OCC12CC3CC(CC(C3)C1)C2)C12CC3CC(CC(C3)C1)C2. The van der Waals surface area contributed by atoms with Crippen LogP contribution in [0.1, 0.15) is 77.0 Å². The molecule has 0 heterocycles. The van der Waals surface area contributed by atoms with E-state index in [1.165, 1.54) is 0 Å². The maximum atomic E-state index is 14.7. The molecular formula is C24H35F2NO7S2. The fourth-order valence-corrected chi connectivity index (χ4v) is 12.0. The molecule has 8 rings (SSSR count). The van der Waals surface area contributed by atoms with Crippen LogP contribution in [0.5, 0.6) is 0 Å². The van der Waals surface area contributed by atoms with Crippen LogP contribution in [0.15, 0.2) is 0 Å². The Balaban J connectivity index is 1.06.